The highest BCUT2D eigenvalue weighted by molar-refractivity contribution is 7.93. The Balaban J connectivity index is 1.64. The lowest BCUT2D eigenvalue weighted by molar-refractivity contribution is -0.123. The molecule has 1 aromatic heterocycles. The Morgan fingerprint density at radius 1 is 1.21 bits per heavy atom. The highest BCUT2D eigenvalue weighted by Gasteiger charge is 2.18. The summed E-state index contributed by atoms with van der Waals surface area (Å²) in [7, 11) is -2.22. The molecule has 0 aliphatic carbocycles. The topological polar surface area (TPSA) is 106 Å². The summed E-state index contributed by atoms with van der Waals surface area (Å²) in [6.45, 7) is 0.678. The number of rotatable bonds is 8. The first-order chi connectivity index (χ1) is 16.4. The lowest BCUT2D eigenvalue weighted by Gasteiger charge is -2.15. The molecule has 0 spiro atoms. The van der Waals surface area contributed by atoms with E-state index < -0.39 is 34.7 Å². The van der Waals surface area contributed by atoms with E-state index in [4.69, 9.17) is 4.74 Å². The second-order valence-corrected chi connectivity index (χ2v) is 10.5. The van der Waals surface area contributed by atoms with E-state index in [9.17, 15) is 17.8 Å². The zero-order valence-electron chi connectivity index (χ0n) is 18.6. The molecule has 2 aromatic carbocycles. The van der Waals surface area contributed by atoms with Gasteiger partial charge in [-0.15, -0.1) is 0 Å². The van der Waals surface area contributed by atoms with Crippen LogP contribution >= 0.6 is 0 Å². The number of aryl methyl sites for hydroxylation is 1. The van der Waals surface area contributed by atoms with Crippen LogP contribution in [0.3, 0.4) is 0 Å². The van der Waals surface area contributed by atoms with Crippen molar-refractivity contribution in [1.29, 1.82) is 0 Å². The number of nitrogens with one attached hydrogen (secondary N) is 2. The molecular weight excluding hydrogens is 464 g/mol. The Kier molecular flexibility index (Phi) is 7.20. The molecular formula is C23H25F2N5O3S. The van der Waals surface area contributed by atoms with Crippen molar-refractivity contribution in [3.05, 3.63) is 48.0 Å². The number of nitrogens with zero attached hydrogens (tertiary/aromatic N) is 3. The van der Waals surface area contributed by atoms with E-state index >= 15 is 0 Å². The summed E-state index contributed by atoms with van der Waals surface area (Å²) in [4.78, 5) is 20.4. The van der Waals surface area contributed by atoms with Gasteiger partial charge in [-0.1, -0.05) is 0 Å². The van der Waals surface area contributed by atoms with Crippen molar-refractivity contribution in [1.82, 2.24) is 15.3 Å². The van der Waals surface area contributed by atoms with Crippen molar-refractivity contribution in [2.45, 2.75) is 19.8 Å². The number of alkyl halides is 1. The molecule has 4 rings (SSSR count). The third-order valence-electron chi connectivity index (χ3n) is 5.34. The van der Waals surface area contributed by atoms with Crippen LogP contribution in [-0.4, -0.2) is 51.4 Å². The third kappa shape index (κ3) is 5.58. The van der Waals surface area contributed by atoms with Gasteiger partial charge < -0.3 is 15.4 Å². The van der Waals surface area contributed by atoms with E-state index in [1.807, 2.05) is 13.0 Å². The second kappa shape index (κ2) is 10.3. The predicted molar refractivity (Wildman–Crippen MR) is 128 cm³/mol. The Hall–Kier alpha value is -3.34. The molecule has 0 saturated carbocycles. The van der Waals surface area contributed by atoms with Crippen LogP contribution in [-0.2, 0) is 14.5 Å². The van der Waals surface area contributed by atoms with Gasteiger partial charge in [-0.2, -0.15) is 4.36 Å². The summed E-state index contributed by atoms with van der Waals surface area (Å²) in [5, 5.41) is 6.20. The zero-order chi connectivity index (χ0) is 24.1. The first-order valence-electron chi connectivity index (χ1n) is 10.9. The molecule has 180 valence electrons. The Labute approximate surface area is 196 Å². The molecule has 2 N–H and O–H groups in total. The average Bonchev–Trinajstić information content (AvgIpc) is 3.23. The highest BCUT2D eigenvalue weighted by Crippen LogP contribution is 2.34. The van der Waals surface area contributed by atoms with Crippen molar-refractivity contribution in [3.63, 3.8) is 0 Å². The van der Waals surface area contributed by atoms with Crippen molar-refractivity contribution in [2.75, 3.05) is 36.6 Å². The molecule has 0 atom stereocenters. The maximum absolute atomic E-state index is 13.9. The predicted octanol–water partition coefficient (Wildman–Crippen LogP) is 4.18. The number of hydrogen-bond acceptors (Lipinski definition) is 7. The van der Waals surface area contributed by atoms with E-state index in [0.717, 1.165) is 29.9 Å². The van der Waals surface area contributed by atoms with Gasteiger partial charge in [0.25, 0.3) is 5.91 Å². The first kappa shape index (κ1) is 23.8. The molecule has 34 heavy (non-hydrogen) atoms. The van der Waals surface area contributed by atoms with Crippen LogP contribution in [0, 0.1) is 12.7 Å². The summed E-state index contributed by atoms with van der Waals surface area (Å²) in [5.41, 5.74) is 2.45. The van der Waals surface area contributed by atoms with Crippen LogP contribution in [0.4, 0.5) is 26.0 Å². The summed E-state index contributed by atoms with van der Waals surface area (Å²) in [6.07, 6.45) is 3.23. The molecule has 1 amide bonds. The van der Waals surface area contributed by atoms with Crippen LogP contribution in [0.2, 0.25) is 0 Å². The standard InChI is InChI=1S/C23H25F2N5O3S/c1-15-10-17(30-34(32)8-2-3-9-34)12-19-22(15)23(28-14-27-19)29-18-5-4-16(25)11-20(18)33-13-21(31)26-7-6-24/h4-5,10-12,14H,2-3,6-9,13H2,1H3,(H,26,31)(H,27,28,29). The number of halogens is 2. The minimum absolute atomic E-state index is 0.101. The quantitative estimate of drug-likeness (QED) is 0.492. The number of hydrogen-bond donors (Lipinski definition) is 2. The van der Waals surface area contributed by atoms with Crippen LogP contribution in [0.25, 0.3) is 10.9 Å². The third-order valence-corrected chi connectivity index (χ3v) is 7.74. The second-order valence-electron chi connectivity index (χ2n) is 7.95. The van der Waals surface area contributed by atoms with Gasteiger partial charge in [0.1, 0.15) is 30.4 Å². The van der Waals surface area contributed by atoms with Gasteiger partial charge in [-0.05, 0) is 49.6 Å². The van der Waals surface area contributed by atoms with Gasteiger partial charge in [-0.3, -0.25) is 4.79 Å². The number of fused-ring (bicyclic) bond motifs is 1. The van der Waals surface area contributed by atoms with E-state index in [0.29, 0.717) is 34.2 Å². The van der Waals surface area contributed by atoms with Gasteiger partial charge in [0.15, 0.2) is 6.61 Å². The largest absolute Gasteiger partial charge is 0.481 e. The Morgan fingerprint density at radius 2 is 2.00 bits per heavy atom. The average molecular weight is 490 g/mol. The monoisotopic (exact) mass is 489 g/mol. The van der Waals surface area contributed by atoms with Crippen molar-refractivity contribution in [3.8, 4) is 5.75 Å². The fourth-order valence-electron chi connectivity index (χ4n) is 3.79. The summed E-state index contributed by atoms with van der Waals surface area (Å²) in [6, 6.07) is 7.50. The van der Waals surface area contributed by atoms with Crippen molar-refractivity contribution < 1.29 is 22.5 Å². The zero-order valence-corrected chi connectivity index (χ0v) is 19.5. The Bertz CT molecular complexity index is 1330. The van der Waals surface area contributed by atoms with Crippen LogP contribution in [0.5, 0.6) is 5.75 Å². The number of anilines is 2. The maximum Gasteiger partial charge on any atom is 0.258 e. The first-order valence-corrected chi connectivity index (χ1v) is 12.7. The van der Waals surface area contributed by atoms with Gasteiger partial charge in [-0.25, -0.2) is 23.0 Å². The van der Waals surface area contributed by atoms with Gasteiger partial charge in [0.05, 0.1) is 26.6 Å². The molecule has 3 aromatic rings. The maximum atomic E-state index is 13.9. The van der Waals surface area contributed by atoms with E-state index in [1.54, 1.807) is 6.07 Å². The van der Waals surface area contributed by atoms with Crippen LogP contribution < -0.4 is 15.4 Å². The van der Waals surface area contributed by atoms with Crippen LogP contribution in [0.1, 0.15) is 18.4 Å². The summed E-state index contributed by atoms with van der Waals surface area (Å²) in [5.74, 6) is 0.718. The fourth-order valence-corrected chi connectivity index (χ4v) is 5.98. The SMILES string of the molecule is Cc1cc(N=S2(=O)CCCC2)cc2ncnc(Nc3ccc(F)cc3OCC(=O)NCCF)c12. The number of aromatic nitrogens is 2. The molecule has 0 unspecified atom stereocenters. The number of carbonyl (C=O) groups excluding carboxylic acids is 1. The molecule has 1 aliphatic rings. The van der Waals surface area contributed by atoms with Gasteiger partial charge in [0, 0.05) is 29.5 Å². The highest BCUT2D eigenvalue weighted by atomic mass is 32.2. The molecule has 8 nitrogen and oxygen atoms in total. The summed E-state index contributed by atoms with van der Waals surface area (Å²) < 4.78 is 48.9. The number of carbonyl (C=O) groups is 1. The Morgan fingerprint density at radius 3 is 2.76 bits per heavy atom. The lowest BCUT2D eigenvalue weighted by Crippen LogP contribution is -2.30. The number of ether oxygens (including phenoxy) is 1. The van der Waals surface area contributed by atoms with E-state index in [-0.39, 0.29) is 12.3 Å². The van der Waals surface area contributed by atoms with Crippen molar-refractivity contribution >= 4 is 43.7 Å². The summed E-state index contributed by atoms with van der Waals surface area (Å²) >= 11 is 0. The van der Waals surface area contributed by atoms with E-state index in [2.05, 4.69) is 25.0 Å². The molecule has 1 saturated heterocycles. The van der Waals surface area contributed by atoms with Crippen molar-refractivity contribution in [2.24, 2.45) is 4.36 Å². The molecule has 0 radical (unpaired) electrons. The minimum Gasteiger partial charge on any atom is -0.481 e. The smallest absolute Gasteiger partial charge is 0.258 e. The fraction of sp³-hybridized carbons (Fsp3) is 0.348. The van der Waals surface area contributed by atoms with Gasteiger partial charge >= 0.3 is 0 Å². The number of benzene rings is 2. The van der Waals surface area contributed by atoms with Gasteiger partial charge in [0.2, 0.25) is 0 Å². The molecule has 1 fully saturated rings. The molecule has 2 heterocycles. The molecule has 0 bridgehead atoms. The van der Waals surface area contributed by atoms with Crippen LogP contribution in [0.15, 0.2) is 41.0 Å². The van der Waals surface area contributed by atoms with E-state index in [1.165, 1.54) is 18.5 Å². The lowest BCUT2D eigenvalue weighted by atomic mass is 10.1. The molecule has 11 heteroatoms. The normalized spacial score (nSPS) is 14.7. The number of amides is 1. The minimum atomic E-state index is -2.22. The molecule has 1 aliphatic heterocycles.